The molecule has 0 unspecified atom stereocenters. The smallest absolute Gasteiger partial charge is 0.242 e. The molecule has 1 amide bonds. The van der Waals surface area contributed by atoms with Gasteiger partial charge >= 0.3 is 0 Å². The first-order valence-electron chi connectivity index (χ1n) is 6.93. The second kappa shape index (κ2) is 5.08. The number of fused-ring (bicyclic) bond motifs is 1. The Kier molecular flexibility index (Phi) is 3.51. The van der Waals surface area contributed by atoms with Crippen LogP contribution in [0.2, 0.25) is 0 Å². The number of amides is 1. The van der Waals surface area contributed by atoms with Crippen molar-refractivity contribution in [1.82, 2.24) is 4.31 Å². The monoisotopic (exact) mass is 310 g/mol. The van der Waals surface area contributed by atoms with Crippen molar-refractivity contribution in [3.8, 4) is 0 Å². The SMILES string of the molecule is CN(CC1CC(O)C1)S(=O)(=O)c1ccc2c(c1)CC(=O)N2. The zero-order valence-electron chi connectivity index (χ0n) is 11.7. The number of sulfonamides is 1. The van der Waals surface area contributed by atoms with Gasteiger partial charge in [0.15, 0.2) is 0 Å². The van der Waals surface area contributed by atoms with Crippen molar-refractivity contribution in [1.29, 1.82) is 0 Å². The normalized spacial score (nSPS) is 24.6. The highest BCUT2D eigenvalue weighted by Gasteiger charge is 2.32. The van der Waals surface area contributed by atoms with Crippen molar-refractivity contribution in [3.05, 3.63) is 23.8 Å². The van der Waals surface area contributed by atoms with Gasteiger partial charge in [0.05, 0.1) is 17.4 Å². The molecular formula is C14H18N2O4S. The van der Waals surface area contributed by atoms with E-state index >= 15 is 0 Å². The van der Waals surface area contributed by atoms with Crippen molar-refractivity contribution < 1.29 is 18.3 Å². The molecule has 1 aliphatic carbocycles. The Bertz CT molecular complexity index is 680. The number of aliphatic hydroxyl groups is 1. The Morgan fingerprint density at radius 2 is 2.10 bits per heavy atom. The van der Waals surface area contributed by atoms with Crippen LogP contribution in [0.25, 0.3) is 0 Å². The molecule has 0 saturated heterocycles. The second-order valence-corrected chi connectivity index (χ2v) is 7.87. The van der Waals surface area contributed by atoms with Crippen LogP contribution in [0.15, 0.2) is 23.1 Å². The topological polar surface area (TPSA) is 86.7 Å². The molecule has 0 bridgehead atoms. The lowest BCUT2D eigenvalue weighted by Gasteiger charge is -2.34. The number of carbonyl (C=O) groups excluding carboxylic acids is 1. The lowest BCUT2D eigenvalue weighted by atomic mass is 9.82. The molecule has 1 saturated carbocycles. The van der Waals surface area contributed by atoms with E-state index < -0.39 is 10.0 Å². The van der Waals surface area contributed by atoms with Gasteiger partial charge in [0.2, 0.25) is 15.9 Å². The van der Waals surface area contributed by atoms with Crippen LogP contribution in [0, 0.1) is 5.92 Å². The molecule has 114 valence electrons. The lowest BCUT2D eigenvalue weighted by molar-refractivity contribution is -0.115. The van der Waals surface area contributed by atoms with Gasteiger partial charge in [-0.3, -0.25) is 4.79 Å². The first-order chi connectivity index (χ1) is 9.86. The molecule has 2 aliphatic rings. The van der Waals surface area contributed by atoms with Gasteiger partial charge in [-0.2, -0.15) is 0 Å². The van der Waals surface area contributed by atoms with E-state index in [1.165, 1.54) is 10.4 Å². The number of benzene rings is 1. The standard InChI is InChI=1S/C14H18N2O4S/c1-16(8-9-4-11(17)5-9)21(19,20)12-2-3-13-10(6-12)7-14(18)15-13/h2-3,6,9,11,17H,4-5,7-8H2,1H3,(H,15,18). The summed E-state index contributed by atoms with van der Waals surface area (Å²) >= 11 is 0. The zero-order chi connectivity index (χ0) is 15.2. The maximum absolute atomic E-state index is 12.5. The Morgan fingerprint density at radius 3 is 2.76 bits per heavy atom. The fourth-order valence-electron chi connectivity index (χ4n) is 2.86. The average molecular weight is 310 g/mol. The van der Waals surface area contributed by atoms with Gasteiger partial charge in [0, 0.05) is 19.3 Å². The molecule has 0 radical (unpaired) electrons. The summed E-state index contributed by atoms with van der Waals surface area (Å²) < 4.78 is 26.4. The summed E-state index contributed by atoms with van der Waals surface area (Å²) in [5, 5.41) is 12.0. The van der Waals surface area contributed by atoms with Crippen LogP contribution in [-0.4, -0.2) is 43.4 Å². The van der Waals surface area contributed by atoms with Crippen LogP contribution in [0.3, 0.4) is 0 Å². The van der Waals surface area contributed by atoms with Gasteiger partial charge < -0.3 is 10.4 Å². The Morgan fingerprint density at radius 1 is 1.38 bits per heavy atom. The van der Waals surface area contributed by atoms with E-state index in [0.29, 0.717) is 30.6 Å². The number of hydrogen-bond acceptors (Lipinski definition) is 4. The highest BCUT2D eigenvalue weighted by molar-refractivity contribution is 7.89. The molecule has 1 aromatic rings. The number of nitrogens with zero attached hydrogens (tertiary/aromatic N) is 1. The molecule has 1 fully saturated rings. The Labute approximate surface area is 123 Å². The van der Waals surface area contributed by atoms with Gasteiger partial charge in [0.25, 0.3) is 0 Å². The van der Waals surface area contributed by atoms with E-state index in [1.807, 2.05) is 0 Å². The quantitative estimate of drug-likeness (QED) is 0.851. The minimum atomic E-state index is -3.55. The van der Waals surface area contributed by atoms with E-state index in [1.54, 1.807) is 19.2 Å². The molecule has 0 atom stereocenters. The van der Waals surface area contributed by atoms with E-state index in [0.717, 1.165) is 0 Å². The fourth-order valence-corrected chi connectivity index (χ4v) is 4.16. The molecule has 2 N–H and O–H groups in total. The molecule has 1 aromatic carbocycles. The average Bonchev–Trinajstić information content (AvgIpc) is 2.75. The maximum atomic E-state index is 12.5. The highest BCUT2D eigenvalue weighted by atomic mass is 32.2. The molecular weight excluding hydrogens is 292 g/mol. The summed E-state index contributed by atoms with van der Waals surface area (Å²) in [6.45, 7) is 0.410. The number of carbonyl (C=O) groups is 1. The summed E-state index contributed by atoms with van der Waals surface area (Å²) in [4.78, 5) is 11.5. The predicted molar refractivity (Wildman–Crippen MR) is 77.3 cm³/mol. The Hall–Kier alpha value is -1.44. The predicted octanol–water partition coefficient (Wildman–Crippen LogP) is 0.573. The van der Waals surface area contributed by atoms with Gasteiger partial charge in [-0.25, -0.2) is 12.7 Å². The van der Waals surface area contributed by atoms with Crippen molar-refractivity contribution in [2.45, 2.75) is 30.3 Å². The minimum absolute atomic E-state index is 0.114. The van der Waals surface area contributed by atoms with Crippen LogP contribution in [0.4, 0.5) is 5.69 Å². The first kappa shape index (κ1) is 14.5. The van der Waals surface area contributed by atoms with Gasteiger partial charge in [-0.05, 0) is 42.5 Å². The third-order valence-electron chi connectivity index (χ3n) is 4.14. The molecule has 0 spiro atoms. The van der Waals surface area contributed by atoms with E-state index in [2.05, 4.69) is 5.32 Å². The molecule has 0 aromatic heterocycles. The van der Waals surface area contributed by atoms with E-state index in [9.17, 15) is 18.3 Å². The first-order valence-corrected chi connectivity index (χ1v) is 8.37. The summed E-state index contributed by atoms with van der Waals surface area (Å²) in [7, 11) is -2.00. The number of nitrogens with one attached hydrogen (secondary N) is 1. The molecule has 3 rings (SSSR count). The maximum Gasteiger partial charge on any atom is 0.242 e. The largest absolute Gasteiger partial charge is 0.393 e. The molecule has 1 aliphatic heterocycles. The zero-order valence-corrected chi connectivity index (χ0v) is 12.6. The van der Waals surface area contributed by atoms with Crippen molar-refractivity contribution in [3.63, 3.8) is 0 Å². The van der Waals surface area contributed by atoms with Crippen LogP contribution in [0.5, 0.6) is 0 Å². The minimum Gasteiger partial charge on any atom is -0.393 e. The second-order valence-electron chi connectivity index (χ2n) is 5.82. The number of rotatable bonds is 4. The summed E-state index contributed by atoms with van der Waals surface area (Å²) in [6, 6.07) is 4.72. The Balaban J connectivity index is 1.78. The third kappa shape index (κ3) is 2.68. The van der Waals surface area contributed by atoms with Crippen molar-refractivity contribution in [2.75, 3.05) is 18.9 Å². The van der Waals surface area contributed by atoms with Crippen molar-refractivity contribution in [2.24, 2.45) is 5.92 Å². The van der Waals surface area contributed by atoms with Crippen LogP contribution < -0.4 is 5.32 Å². The number of aliphatic hydroxyl groups excluding tert-OH is 1. The van der Waals surface area contributed by atoms with Gasteiger partial charge in [-0.15, -0.1) is 0 Å². The van der Waals surface area contributed by atoms with Crippen LogP contribution >= 0.6 is 0 Å². The van der Waals surface area contributed by atoms with Crippen LogP contribution in [0.1, 0.15) is 18.4 Å². The van der Waals surface area contributed by atoms with E-state index in [-0.39, 0.29) is 29.2 Å². The summed E-state index contributed by atoms with van der Waals surface area (Å²) in [5.41, 5.74) is 1.40. The fraction of sp³-hybridized carbons (Fsp3) is 0.500. The summed E-state index contributed by atoms with van der Waals surface area (Å²) in [5.74, 6) is 0.105. The molecule has 21 heavy (non-hydrogen) atoms. The highest BCUT2D eigenvalue weighted by Crippen LogP contribution is 2.30. The van der Waals surface area contributed by atoms with E-state index in [4.69, 9.17) is 0 Å². The molecule has 7 heteroatoms. The number of hydrogen-bond donors (Lipinski definition) is 2. The third-order valence-corrected chi connectivity index (χ3v) is 5.96. The van der Waals surface area contributed by atoms with Gasteiger partial charge in [-0.1, -0.05) is 0 Å². The molecule has 1 heterocycles. The van der Waals surface area contributed by atoms with Gasteiger partial charge in [0.1, 0.15) is 0 Å². The van der Waals surface area contributed by atoms with Crippen LogP contribution in [-0.2, 0) is 21.2 Å². The molecule has 6 nitrogen and oxygen atoms in total. The van der Waals surface area contributed by atoms with Crippen molar-refractivity contribution >= 4 is 21.6 Å². The summed E-state index contributed by atoms with van der Waals surface area (Å²) in [6.07, 6.45) is 1.24. The number of anilines is 1. The lowest BCUT2D eigenvalue weighted by Crippen LogP contribution is -2.39.